The molecule has 0 fully saturated rings. The van der Waals surface area contributed by atoms with Crippen molar-refractivity contribution >= 4 is 17.6 Å². The van der Waals surface area contributed by atoms with Crippen LogP contribution < -0.4 is 5.73 Å². The molecule has 0 aliphatic carbocycles. The molecule has 1 aromatic heterocycles. The maximum Gasteiger partial charge on any atom is 0.122 e. The maximum atomic E-state index is 7.26. The average molecular weight is 195 g/mol. The van der Waals surface area contributed by atoms with Crippen molar-refractivity contribution in [3.63, 3.8) is 0 Å². The van der Waals surface area contributed by atoms with Crippen LogP contribution in [0.3, 0.4) is 0 Å². The van der Waals surface area contributed by atoms with Crippen LogP contribution >= 0.6 is 11.8 Å². The van der Waals surface area contributed by atoms with Crippen LogP contribution in [0, 0.1) is 5.41 Å². The van der Waals surface area contributed by atoms with Gasteiger partial charge in [-0.15, -0.1) is 11.8 Å². The molecule has 3 N–H and O–H groups in total. The topological polar surface area (TPSA) is 62.8 Å². The van der Waals surface area contributed by atoms with Crippen molar-refractivity contribution in [3.05, 3.63) is 23.9 Å². The third-order valence-electron chi connectivity index (χ3n) is 1.40. The molecule has 0 saturated carbocycles. The van der Waals surface area contributed by atoms with E-state index in [1.54, 1.807) is 24.0 Å². The van der Waals surface area contributed by atoms with Gasteiger partial charge in [0, 0.05) is 17.0 Å². The van der Waals surface area contributed by atoms with Crippen molar-refractivity contribution in [3.8, 4) is 0 Å². The van der Waals surface area contributed by atoms with E-state index in [1.807, 2.05) is 6.07 Å². The van der Waals surface area contributed by atoms with Gasteiger partial charge in [-0.25, -0.2) is 4.98 Å². The number of nitrogen functional groups attached to an aromatic ring is 1. The molecule has 0 aliphatic heterocycles. The molecule has 0 bridgehead atoms. The van der Waals surface area contributed by atoms with Crippen molar-refractivity contribution in [2.24, 2.45) is 5.73 Å². The van der Waals surface area contributed by atoms with E-state index in [1.165, 1.54) is 0 Å². The maximum absolute atomic E-state index is 7.26. The molecule has 4 heteroatoms. The highest BCUT2D eigenvalue weighted by atomic mass is 32.2. The number of pyridine rings is 1. The number of rotatable bonds is 3. The number of hydrogen-bond donors (Lipinski definition) is 2. The van der Waals surface area contributed by atoms with Gasteiger partial charge in [0.05, 0.1) is 5.03 Å². The Kier molecular flexibility index (Phi) is 3.31. The van der Waals surface area contributed by atoms with E-state index in [0.717, 1.165) is 10.6 Å². The summed E-state index contributed by atoms with van der Waals surface area (Å²) in [5.41, 5.74) is 6.09. The molecule has 1 heterocycles. The van der Waals surface area contributed by atoms with E-state index in [2.05, 4.69) is 18.8 Å². The molecule has 0 amide bonds. The van der Waals surface area contributed by atoms with Gasteiger partial charge in [0.25, 0.3) is 0 Å². The molecule has 0 unspecified atom stereocenters. The lowest BCUT2D eigenvalue weighted by Crippen LogP contribution is -2.11. The van der Waals surface area contributed by atoms with E-state index in [0.29, 0.717) is 5.25 Å². The van der Waals surface area contributed by atoms with Gasteiger partial charge in [0.2, 0.25) is 0 Å². The Balaban J connectivity index is 2.85. The fourth-order valence-corrected chi connectivity index (χ4v) is 1.68. The monoisotopic (exact) mass is 195 g/mol. The van der Waals surface area contributed by atoms with Gasteiger partial charge >= 0.3 is 0 Å². The molecule has 1 rings (SSSR count). The summed E-state index contributed by atoms with van der Waals surface area (Å²) >= 11 is 1.67. The lowest BCUT2D eigenvalue weighted by atomic mass is 10.2. The second-order valence-electron chi connectivity index (χ2n) is 2.96. The summed E-state index contributed by atoms with van der Waals surface area (Å²) in [5, 5.41) is 8.67. The molecule has 0 aliphatic rings. The zero-order valence-electron chi connectivity index (χ0n) is 7.74. The summed E-state index contributed by atoms with van der Waals surface area (Å²) in [5.74, 6) is 0.0907. The Bertz CT molecular complexity index is 309. The van der Waals surface area contributed by atoms with Crippen LogP contribution in [0.1, 0.15) is 19.4 Å². The van der Waals surface area contributed by atoms with E-state index >= 15 is 0 Å². The summed E-state index contributed by atoms with van der Waals surface area (Å²) in [6, 6.07) is 3.58. The van der Waals surface area contributed by atoms with E-state index in [-0.39, 0.29) is 5.84 Å². The van der Waals surface area contributed by atoms with Crippen molar-refractivity contribution in [2.45, 2.75) is 24.1 Å². The minimum absolute atomic E-state index is 0.0907. The lowest BCUT2D eigenvalue weighted by molar-refractivity contribution is 1.07. The Hall–Kier alpha value is -1.03. The van der Waals surface area contributed by atoms with E-state index < -0.39 is 0 Å². The molecule has 0 saturated heterocycles. The standard InChI is InChI=1S/C9H13N3S/c1-6(2)13-8-5-7(9(10)11)3-4-12-8/h3-6H,1-2H3,(H3,10,11). The minimum Gasteiger partial charge on any atom is -0.384 e. The van der Waals surface area contributed by atoms with Gasteiger partial charge in [0.15, 0.2) is 0 Å². The number of amidine groups is 1. The second kappa shape index (κ2) is 4.28. The molecule has 0 atom stereocenters. The van der Waals surface area contributed by atoms with Crippen LogP contribution in [-0.4, -0.2) is 16.1 Å². The fourth-order valence-electron chi connectivity index (χ4n) is 0.883. The van der Waals surface area contributed by atoms with Crippen LogP contribution in [0.4, 0.5) is 0 Å². The fraction of sp³-hybridized carbons (Fsp3) is 0.333. The quantitative estimate of drug-likeness (QED) is 0.439. The van der Waals surface area contributed by atoms with Gasteiger partial charge < -0.3 is 5.73 Å². The zero-order valence-corrected chi connectivity index (χ0v) is 8.56. The van der Waals surface area contributed by atoms with Crippen molar-refractivity contribution in [1.29, 1.82) is 5.41 Å². The number of nitrogens with zero attached hydrogens (tertiary/aromatic N) is 1. The Labute approximate surface area is 82.3 Å². The Morgan fingerprint density at radius 2 is 2.31 bits per heavy atom. The molecular formula is C9H13N3S. The number of nitrogens with one attached hydrogen (secondary N) is 1. The van der Waals surface area contributed by atoms with Crippen molar-refractivity contribution in [2.75, 3.05) is 0 Å². The summed E-state index contributed by atoms with van der Waals surface area (Å²) in [6.07, 6.45) is 1.68. The molecule has 13 heavy (non-hydrogen) atoms. The largest absolute Gasteiger partial charge is 0.384 e. The minimum atomic E-state index is 0.0907. The number of thioether (sulfide) groups is 1. The summed E-state index contributed by atoms with van der Waals surface area (Å²) in [4.78, 5) is 4.17. The van der Waals surface area contributed by atoms with Gasteiger partial charge in [0.1, 0.15) is 5.84 Å². The molecule has 3 nitrogen and oxygen atoms in total. The highest BCUT2D eigenvalue weighted by Crippen LogP contribution is 2.20. The van der Waals surface area contributed by atoms with Gasteiger partial charge in [-0.05, 0) is 12.1 Å². The third kappa shape index (κ3) is 3.06. The molecule has 70 valence electrons. The van der Waals surface area contributed by atoms with E-state index in [9.17, 15) is 0 Å². The van der Waals surface area contributed by atoms with Crippen molar-refractivity contribution in [1.82, 2.24) is 4.98 Å². The highest BCUT2D eigenvalue weighted by Gasteiger charge is 2.02. The number of nitrogens with two attached hydrogens (primary N) is 1. The normalized spacial score (nSPS) is 10.4. The second-order valence-corrected chi connectivity index (χ2v) is 4.56. The Morgan fingerprint density at radius 1 is 1.62 bits per heavy atom. The molecule has 0 radical (unpaired) electrons. The molecular weight excluding hydrogens is 182 g/mol. The molecule has 1 aromatic rings. The summed E-state index contributed by atoms with van der Waals surface area (Å²) < 4.78 is 0. The summed E-state index contributed by atoms with van der Waals surface area (Å²) in [6.45, 7) is 4.21. The van der Waals surface area contributed by atoms with Crippen LogP contribution in [0.5, 0.6) is 0 Å². The smallest absolute Gasteiger partial charge is 0.122 e. The first kappa shape index (κ1) is 10.1. The molecule has 0 aromatic carbocycles. The number of hydrogen-bond acceptors (Lipinski definition) is 3. The van der Waals surface area contributed by atoms with Crippen LogP contribution in [-0.2, 0) is 0 Å². The van der Waals surface area contributed by atoms with Crippen LogP contribution in [0.15, 0.2) is 23.4 Å². The van der Waals surface area contributed by atoms with Gasteiger partial charge in [-0.3, -0.25) is 5.41 Å². The first-order chi connectivity index (χ1) is 6.09. The van der Waals surface area contributed by atoms with Gasteiger partial charge in [-0.1, -0.05) is 13.8 Å². The van der Waals surface area contributed by atoms with Crippen LogP contribution in [0.2, 0.25) is 0 Å². The average Bonchev–Trinajstić information content (AvgIpc) is 2.03. The summed E-state index contributed by atoms with van der Waals surface area (Å²) in [7, 11) is 0. The molecule has 0 spiro atoms. The third-order valence-corrected chi connectivity index (χ3v) is 2.34. The predicted octanol–water partition coefficient (Wildman–Crippen LogP) is 1.87. The zero-order chi connectivity index (χ0) is 9.84. The van der Waals surface area contributed by atoms with Gasteiger partial charge in [-0.2, -0.15) is 0 Å². The highest BCUT2D eigenvalue weighted by molar-refractivity contribution is 7.99. The first-order valence-electron chi connectivity index (χ1n) is 4.06. The van der Waals surface area contributed by atoms with Crippen molar-refractivity contribution < 1.29 is 0 Å². The van der Waals surface area contributed by atoms with Crippen LogP contribution in [0.25, 0.3) is 0 Å². The van der Waals surface area contributed by atoms with E-state index in [4.69, 9.17) is 11.1 Å². The number of aromatic nitrogens is 1. The predicted molar refractivity (Wildman–Crippen MR) is 56.2 cm³/mol. The lowest BCUT2D eigenvalue weighted by Gasteiger charge is -2.04. The first-order valence-corrected chi connectivity index (χ1v) is 4.94. The SMILES string of the molecule is CC(C)Sc1cc(C(=N)N)ccn1. The Morgan fingerprint density at radius 3 is 2.85 bits per heavy atom.